The number of hydrogen-bond acceptors (Lipinski definition) is 6. The Labute approximate surface area is 208 Å². The number of nitrogens with zero attached hydrogens (tertiary/aromatic N) is 4. The molecule has 0 saturated carbocycles. The molecule has 174 valence electrons. The highest BCUT2D eigenvalue weighted by molar-refractivity contribution is 6.06. The van der Waals surface area contributed by atoms with Crippen LogP contribution in [-0.4, -0.2) is 22.9 Å². The molecule has 0 bridgehead atoms. The van der Waals surface area contributed by atoms with Gasteiger partial charge in [0.05, 0.1) is 17.1 Å². The fourth-order valence-electron chi connectivity index (χ4n) is 3.89. The molecule has 0 saturated heterocycles. The Kier molecular flexibility index (Phi) is 6.24. The molecule has 2 aromatic heterocycles. The van der Waals surface area contributed by atoms with E-state index in [1.807, 2.05) is 66.7 Å². The molecule has 0 aliphatic rings. The Morgan fingerprint density at radius 3 is 2.39 bits per heavy atom. The Morgan fingerprint density at radius 2 is 1.61 bits per heavy atom. The van der Waals surface area contributed by atoms with Crippen LogP contribution in [0.5, 0.6) is 0 Å². The van der Waals surface area contributed by atoms with E-state index >= 15 is 0 Å². The molecule has 36 heavy (non-hydrogen) atoms. The first kappa shape index (κ1) is 22.6. The largest absolute Gasteiger partial charge is 0.355 e. The van der Waals surface area contributed by atoms with Gasteiger partial charge in [0.15, 0.2) is 0 Å². The van der Waals surface area contributed by atoms with E-state index in [1.165, 1.54) is 0 Å². The molecule has 0 fully saturated rings. The van der Waals surface area contributed by atoms with Crippen molar-refractivity contribution < 1.29 is 4.79 Å². The first-order chi connectivity index (χ1) is 17.6. The van der Waals surface area contributed by atoms with Crippen molar-refractivity contribution in [3.8, 4) is 6.07 Å². The highest BCUT2D eigenvalue weighted by atomic mass is 16.2. The van der Waals surface area contributed by atoms with Gasteiger partial charge in [0.25, 0.3) is 5.91 Å². The molecule has 7 heteroatoms. The van der Waals surface area contributed by atoms with Crippen LogP contribution in [0, 0.1) is 11.3 Å². The molecule has 0 aliphatic heterocycles. The smallest absolute Gasteiger partial charge is 0.258 e. The van der Waals surface area contributed by atoms with E-state index in [2.05, 4.69) is 26.7 Å². The molecular formula is C29H22N6O. The molecule has 2 heterocycles. The van der Waals surface area contributed by atoms with Crippen molar-refractivity contribution >= 4 is 45.2 Å². The second-order valence-corrected chi connectivity index (χ2v) is 8.18. The Bertz CT molecular complexity index is 1580. The van der Waals surface area contributed by atoms with Crippen LogP contribution < -0.4 is 15.5 Å². The molecule has 3 aromatic carbocycles. The lowest BCUT2D eigenvalue weighted by Gasteiger charge is -2.19. The van der Waals surface area contributed by atoms with Crippen LogP contribution in [0.3, 0.4) is 0 Å². The van der Waals surface area contributed by atoms with Crippen LogP contribution in [-0.2, 0) is 0 Å². The van der Waals surface area contributed by atoms with Gasteiger partial charge in [-0.3, -0.25) is 14.8 Å². The Hall–Kier alpha value is -5.22. The normalized spacial score (nSPS) is 10.4. The molecule has 5 aromatic rings. The van der Waals surface area contributed by atoms with Crippen LogP contribution in [0.25, 0.3) is 10.9 Å². The van der Waals surface area contributed by atoms with Crippen molar-refractivity contribution in [2.24, 2.45) is 0 Å². The van der Waals surface area contributed by atoms with Gasteiger partial charge in [0, 0.05) is 65.0 Å². The number of amides is 1. The third-order valence-corrected chi connectivity index (χ3v) is 5.79. The minimum Gasteiger partial charge on any atom is -0.355 e. The number of fused-ring (bicyclic) bond motifs is 1. The number of hydrogen-bond donors (Lipinski definition) is 2. The maximum Gasteiger partial charge on any atom is 0.258 e. The first-order valence-corrected chi connectivity index (χ1v) is 11.3. The summed E-state index contributed by atoms with van der Waals surface area (Å²) in [6.45, 7) is 0. The fraction of sp³-hybridized carbons (Fsp3) is 0.0345. The van der Waals surface area contributed by atoms with Gasteiger partial charge in [-0.15, -0.1) is 0 Å². The number of anilines is 5. The summed E-state index contributed by atoms with van der Waals surface area (Å²) in [6.07, 6.45) is 5.17. The first-order valence-electron chi connectivity index (χ1n) is 11.3. The maximum absolute atomic E-state index is 13.3. The molecule has 5 rings (SSSR count). The predicted molar refractivity (Wildman–Crippen MR) is 143 cm³/mol. The van der Waals surface area contributed by atoms with Crippen molar-refractivity contribution in [3.63, 3.8) is 0 Å². The van der Waals surface area contributed by atoms with Gasteiger partial charge < -0.3 is 15.5 Å². The molecule has 1 amide bonds. The molecule has 0 aliphatic carbocycles. The van der Waals surface area contributed by atoms with Crippen molar-refractivity contribution in [2.75, 3.05) is 22.6 Å². The standard InChI is InChI=1S/C29H22N6O/c1-35(25-8-6-22(7-9-25)33-23-11-14-31-15-12-23)29(36)21-3-2-4-24(18-21)34-28-13-16-32-27-10-5-20(19-30)17-26(27)28/h2-18H,1H3,(H,31,33)(H,32,34). The second-order valence-electron chi connectivity index (χ2n) is 8.18. The third-order valence-electron chi connectivity index (χ3n) is 5.79. The average molecular weight is 471 g/mol. The minimum absolute atomic E-state index is 0.125. The number of rotatable bonds is 6. The number of benzene rings is 3. The van der Waals surface area contributed by atoms with Gasteiger partial charge in [0.2, 0.25) is 0 Å². The quantitative estimate of drug-likeness (QED) is 0.304. The lowest BCUT2D eigenvalue weighted by atomic mass is 10.1. The lowest BCUT2D eigenvalue weighted by molar-refractivity contribution is 0.0993. The summed E-state index contributed by atoms with van der Waals surface area (Å²) in [5, 5.41) is 16.8. The number of nitriles is 1. The van der Waals surface area contributed by atoms with Gasteiger partial charge >= 0.3 is 0 Å². The molecule has 0 unspecified atom stereocenters. The number of carbonyl (C=O) groups excluding carboxylic acids is 1. The maximum atomic E-state index is 13.3. The summed E-state index contributed by atoms with van der Waals surface area (Å²) in [7, 11) is 1.76. The zero-order chi connectivity index (χ0) is 24.9. The van der Waals surface area contributed by atoms with Crippen LogP contribution >= 0.6 is 0 Å². The van der Waals surface area contributed by atoms with Crippen molar-refractivity contribution in [1.29, 1.82) is 5.26 Å². The summed E-state index contributed by atoms with van der Waals surface area (Å²) in [5.74, 6) is -0.125. The molecule has 0 radical (unpaired) electrons. The van der Waals surface area contributed by atoms with E-state index in [0.29, 0.717) is 11.1 Å². The zero-order valence-corrected chi connectivity index (χ0v) is 19.5. The number of nitrogens with one attached hydrogen (secondary N) is 2. The van der Waals surface area contributed by atoms with E-state index in [1.54, 1.807) is 48.7 Å². The van der Waals surface area contributed by atoms with Crippen LogP contribution in [0.1, 0.15) is 15.9 Å². The van der Waals surface area contributed by atoms with E-state index in [4.69, 9.17) is 0 Å². The van der Waals surface area contributed by atoms with E-state index in [9.17, 15) is 10.1 Å². The zero-order valence-electron chi connectivity index (χ0n) is 19.5. The van der Waals surface area contributed by atoms with Crippen LogP contribution in [0.4, 0.5) is 28.4 Å². The predicted octanol–water partition coefficient (Wildman–Crippen LogP) is 6.27. The third kappa shape index (κ3) is 4.83. The summed E-state index contributed by atoms with van der Waals surface area (Å²) >= 11 is 0. The lowest BCUT2D eigenvalue weighted by Crippen LogP contribution is -2.26. The number of carbonyl (C=O) groups is 1. The second kappa shape index (κ2) is 9.95. The summed E-state index contributed by atoms with van der Waals surface area (Å²) in [6, 6.07) is 28.2. The Morgan fingerprint density at radius 1 is 0.833 bits per heavy atom. The molecule has 7 nitrogen and oxygen atoms in total. The summed E-state index contributed by atoms with van der Waals surface area (Å²) < 4.78 is 0. The van der Waals surface area contributed by atoms with Gasteiger partial charge in [-0.2, -0.15) is 5.26 Å². The molecule has 2 N–H and O–H groups in total. The van der Waals surface area contributed by atoms with Crippen molar-refractivity contribution in [2.45, 2.75) is 0 Å². The average Bonchev–Trinajstić information content (AvgIpc) is 2.93. The molecular weight excluding hydrogens is 448 g/mol. The van der Waals surface area contributed by atoms with E-state index < -0.39 is 0 Å². The highest BCUT2D eigenvalue weighted by Gasteiger charge is 2.14. The summed E-state index contributed by atoms with van der Waals surface area (Å²) in [4.78, 5) is 23.3. The van der Waals surface area contributed by atoms with Gasteiger partial charge in [-0.1, -0.05) is 6.07 Å². The molecule has 0 atom stereocenters. The Balaban J connectivity index is 1.33. The molecule has 0 spiro atoms. The van der Waals surface area contributed by atoms with Crippen LogP contribution in [0.15, 0.2) is 104 Å². The summed E-state index contributed by atoms with van der Waals surface area (Å²) in [5.41, 5.74) is 6.12. The van der Waals surface area contributed by atoms with Crippen molar-refractivity contribution in [3.05, 3.63) is 115 Å². The number of aromatic nitrogens is 2. The van der Waals surface area contributed by atoms with Crippen molar-refractivity contribution in [1.82, 2.24) is 9.97 Å². The van der Waals surface area contributed by atoms with E-state index in [0.717, 1.165) is 39.3 Å². The van der Waals surface area contributed by atoms with Gasteiger partial charge in [0.1, 0.15) is 0 Å². The van der Waals surface area contributed by atoms with E-state index in [-0.39, 0.29) is 5.91 Å². The van der Waals surface area contributed by atoms with Gasteiger partial charge in [-0.05, 0) is 78.9 Å². The minimum atomic E-state index is -0.125. The van der Waals surface area contributed by atoms with Gasteiger partial charge in [-0.25, -0.2) is 0 Å². The topological polar surface area (TPSA) is 93.9 Å². The monoisotopic (exact) mass is 470 g/mol. The number of pyridine rings is 2. The fourth-order valence-corrected chi connectivity index (χ4v) is 3.89. The highest BCUT2D eigenvalue weighted by Crippen LogP contribution is 2.27. The van der Waals surface area contributed by atoms with Crippen LogP contribution in [0.2, 0.25) is 0 Å². The SMILES string of the molecule is CN(C(=O)c1cccc(Nc2ccnc3ccc(C#N)cc23)c1)c1ccc(Nc2ccncc2)cc1.